The van der Waals surface area contributed by atoms with E-state index in [0.29, 0.717) is 6.10 Å². The third-order valence-corrected chi connectivity index (χ3v) is 2.89. The first-order valence-corrected chi connectivity index (χ1v) is 5.86. The Morgan fingerprint density at radius 1 is 1.31 bits per heavy atom. The van der Waals surface area contributed by atoms with Crippen LogP contribution in [0.2, 0.25) is 0 Å². The first kappa shape index (κ1) is 11.2. The maximum atomic E-state index is 5.91. The predicted molar refractivity (Wildman–Crippen MR) is 67.7 cm³/mol. The summed E-state index contributed by atoms with van der Waals surface area (Å²) >= 11 is 0. The minimum Gasteiger partial charge on any atom is -0.489 e. The maximum absolute atomic E-state index is 5.91. The van der Waals surface area contributed by atoms with Gasteiger partial charge in [-0.05, 0) is 38.1 Å². The number of likely N-dealkylation sites (N-methyl/N-ethyl adjacent to an activating group) is 1. The number of allylic oxidation sites excluding steroid dienone is 1. The lowest BCUT2D eigenvalue weighted by Gasteiger charge is -2.13. The highest BCUT2D eigenvalue weighted by Crippen LogP contribution is 2.18. The van der Waals surface area contributed by atoms with E-state index in [-0.39, 0.29) is 0 Å². The van der Waals surface area contributed by atoms with E-state index in [4.69, 9.17) is 4.74 Å². The summed E-state index contributed by atoms with van der Waals surface area (Å²) < 4.78 is 5.91. The third kappa shape index (κ3) is 2.86. The number of ether oxygens (including phenoxy) is 1. The Bertz CT molecular complexity index is 356. The zero-order valence-corrected chi connectivity index (χ0v) is 10.0. The van der Waals surface area contributed by atoms with Crippen LogP contribution in [0.3, 0.4) is 0 Å². The fourth-order valence-electron chi connectivity index (χ4n) is 2.03. The molecule has 1 atom stereocenters. The Kier molecular flexibility index (Phi) is 3.62. The van der Waals surface area contributed by atoms with Gasteiger partial charge in [0.05, 0.1) is 0 Å². The molecular weight excluding hydrogens is 198 g/mol. The van der Waals surface area contributed by atoms with Crippen LogP contribution in [0.1, 0.15) is 18.9 Å². The molecule has 1 aliphatic heterocycles. The smallest absolute Gasteiger partial charge is 0.119 e. The Morgan fingerprint density at radius 3 is 2.62 bits per heavy atom. The molecule has 0 radical (unpaired) electrons. The van der Waals surface area contributed by atoms with Crippen molar-refractivity contribution in [2.75, 3.05) is 20.1 Å². The van der Waals surface area contributed by atoms with Gasteiger partial charge in [0, 0.05) is 13.1 Å². The van der Waals surface area contributed by atoms with Crippen molar-refractivity contribution >= 4 is 6.08 Å². The van der Waals surface area contributed by atoms with E-state index in [9.17, 15) is 0 Å². The van der Waals surface area contributed by atoms with Gasteiger partial charge in [-0.15, -0.1) is 0 Å². The van der Waals surface area contributed by atoms with Crippen LogP contribution in [0, 0.1) is 0 Å². The lowest BCUT2D eigenvalue weighted by molar-refractivity contribution is 0.208. The lowest BCUT2D eigenvalue weighted by atomic mass is 10.2. The van der Waals surface area contributed by atoms with Gasteiger partial charge < -0.3 is 9.64 Å². The second-order valence-corrected chi connectivity index (χ2v) is 4.36. The van der Waals surface area contributed by atoms with Crippen molar-refractivity contribution in [3.63, 3.8) is 0 Å². The molecule has 0 aromatic heterocycles. The quantitative estimate of drug-likeness (QED) is 0.772. The summed E-state index contributed by atoms with van der Waals surface area (Å²) in [5, 5.41) is 0. The molecule has 2 rings (SSSR count). The number of benzene rings is 1. The summed E-state index contributed by atoms with van der Waals surface area (Å²) in [5.74, 6) is 0.980. The molecule has 2 nitrogen and oxygen atoms in total. The van der Waals surface area contributed by atoms with Crippen LogP contribution in [0.5, 0.6) is 5.75 Å². The molecule has 1 unspecified atom stereocenters. The summed E-state index contributed by atoms with van der Waals surface area (Å²) in [4.78, 5) is 2.30. The fourth-order valence-corrected chi connectivity index (χ4v) is 2.03. The van der Waals surface area contributed by atoms with Gasteiger partial charge in [0.1, 0.15) is 11.9 Å². The molecule has 0 aliphatic carbocycles. The summed E-state index contributed by atoms with van der Waals surface area (Å²) in [6.45, 7) is 4.21. The molecule has 1 saturated heterocycles. The van der Waals surface area contributed by atoms with Crippen LogP contribution in [-0.4, -0.2) is 31.1 Å². The zero-order chi connectivity index (χ0) is 11.4. The molecule has 86 valence electrons. The highest BCUT2D eigenvalue weighted by atomic mass is 16.5. The minimum atomic E-state index is 0.359. The molecule has 0 bridgehead atoms. The van der Waals surface area contributed by atoms with Crippen LogP contribution in [0.15, 0.2) is 30.3 Å². The second kappa shape index (κ2) is 5.17. The SMILES string of the molecule is C/C=C/c1ccc(OC2CCN(C)C2)cc1. The van der Waals surface area contributed by atoms with Gasteiger partial charge in [-0.1, -0.05) is 24.3 Å². The average molecular weight is 217 g/mol. The van der Waals surface area contributed by atoms with Crippen molar-refractivity contribution in [2.45, 2.75) is 19.4 Å². The van der Waals surface area contributed by atoms with E-state index in [2.05, 4.69) is 30.2 Å². The number of likely N-dealkylation sites (tertiary alicyclic amines) is 1. The molecule has 1 heterocycles. The number of hydrogen-bond donors (Lipinski definition) is 0. The van der Waals surface area contributed by atoms with Crippen LogP contribution >= 0.6 is 0 Å². The van der Waals surface area contributed by atoms with Gasteiger partial charge in [0.15, 0.2) is 0 Å². The predicted octanol–water partition coefficient (Wildman–Crippen LogP) is 2.80. The fraction of sp³-hybridized carbons (Fsp3) is 0.429. The molecule has 1 fully saturated rings. The monoisotopic (exact) mass is 217 g/mol. The van der Waals surface area contributed by atoms with Gasteiger partial charge in [-0.2, -0.15) is 0 Å². The van der Waals surface area contributed by atoms with Crippen molar-refractivity contribution < 1.29 is 4.74 Å². The average Bonchev–Trinajstić information content (AvgIpc) is 2.67. The molecule has 1 aliphatic rings. The molecule has 1 aromatic carbocycles. The van der Waals surface area contributed by atoms with E-state index in [1.165, 1.54) is 5.56 Å². The molecule has 2 heteroatoms. The van der Waals surface area contributed by atoms with Crippen LogP contribution in [-0.2, 0) is 0 Å². The number of hydrogen-bond acceptors (Lipinski definition) is 2. The summed E-state index contributed by atoms with van der Waals surface area (Å²) in [6.07, 6.45) is 5.62. The Hall–Kier alpha value is -1.28. The molecule has 0 saturated carbocycles. The molecule has 0 spiro atoms. The largest absolute Gasteiger partial charge is 0.489 e. The van der Waals surface area contributed by atoms with E-state index in [0.717, 1.165) is 25.3 Å². The lowest BCUT2D eigenvalue weighted by Crippen LogP contribution is -2.21. The molecular formula is C14H19NO. The number of rotatable bonds is 3. The summed E-state index contributed by atoms with van der Waals surface area (Å²) in [7, 11) is 2.14. The van der Waals surface area contributed by atoms with Crippen LogP contribution in [0.25, 0.3) is 6.08 Å². The van der Waals surface area contributed by atoms with E-state index in [1.807, 2.05) is 25.1 Å². The van der Waals surface area contributed by atoms with Crippen LogP contribution < -0.4 is 4.74 Å². The zero-order valence-electron chi connectivity index (χ0n) is 10.0. The van der Waals surface area contributed by atoms with Crippen molar-refractivity contribution in [1.29, 1.82) is 0 Å². The highest BCUT2D eigenvalue weighted by molar-refractivity contribution is 5.50. The highest BCUT2D eigenvalue weighted by Gasteiger charge is 2.20. The van der Waals surface area contributed by atoms with Crippen molar-refractivity contribution in [2.24, 2.45) is 0 Å². The van der Waals surface area contributed by atoms with Gasteiger partial charge in [0.25, 0.3) is 0 Å². The van der Waals surface area contributed by atoms with Crippen LogP contribution in [0.4, 0.5) is 0 Å². The second-order valence-electron chi connectivity index (χ2n) is 4.36. The van der Waals surface area contributed by atoms with Crippen molar-refractivity contribution in [1.82, 2.24) is 4.90 Å². The van der Waals surface area contributed by atoms with Crippen molar-refractivity contribution in [3.05, 3.63) is 35.9 Å². The van der Waals surface area contributed by atoms with Gasteiger partial charge in [-0.3, -0.25) is 0 Å². The standard InChI is InChI=1S/C14H19NO/c1-3-4-12-5-7-13(8-6-12)16-14-9-10-15(2)11-14/h3-8,14H,9-11H2,1-2H3/b4-3+. The summed E-state index contributed by atoms with van der Waals surface area (Å²) in [5.41, 5.74) is 1.22. The molecule has 0 N–H and O–H groups in total. The molecule has 0 amide bonds. The van der Waals surface area contributed by atoms with Crippen molar-refractivity contribution in [3.8, 4) is 5.75 Å². The van der Waals surface area contributed by atoms with Gasteiger partial charge >= 0.3 is 0 Å². The summed E-state index contributed by atoms with van der Waals surface area (Å²) in [6, 6.07) is 8.28. The topological polar surface area (TPSA) is 12.5 Å². The normalized spacial score (nSPS) is 21.8. The van der Waals surface area contributed by atoms with E-state index >= 15 is 0 Å². The van der Waals surface area contributed by atoms with E-state index < -0.39 is 0 Å². The maximum Gasteiger partial charge on any atom is 0.119 e. The number of nitrogens with zero attached hydrogens (tertiary/aromatic N) is 1. The first-order chi connectivity index (χ1) is 7.78. The van der Waals surface area contributed by atoms with Gasteiger partial charge in [0.2, 0.25) is 0 Å². The third-order valence-electron chi connectivity index (χ3n) is 2.89. The Morgan fingerprint density at radius 2 is 2.06 bits per heavy atom. The molecule has 16 heavy (non-hydrogen) atoms. The first-order valence-electron chi connectivity index (χ1n) is 5.86. The van der Waals surface area contributed by atoms with E-state index in [1.54, 1.807) is 0 Å². The molecule has 1 aromatic rings. The minimum absolute atomic E-state index is 0.359. The Labute approximate surface area is 97.5 Å². The van der Waals surface area contributed by atoms with Gasteiger partial charge in [-0.25, -0.2) is 0 Å². The Balaban J connectivity index is 1.94.